The molecule has 5 heteroatoms. The molecule has 1 aromatic carbocycles. The second-order valence-electron chi connectivity index (χ2n) is 7.01. The Hall–Kier alpha value is -2.56. The van der Waals surface area contributed by atoms with Gasteiger partial charge in [-0.3, -0.25) is 4.79 Å². The standard InChI is InChI=1S/C21H28N4O/c1-17(2)18-6-8-19(9-7-18)22-12-10-21(26)25-15-13-24(14-16-25)20-5-3-4-11-23-20/h3-9,11,17,22H,10,12-16H2,1-2H3. The minimum atomic E-state index is 0.219. The Kier molecular flexibility index (Phi) is 6.10. The van der Waals surface area contributed by atoms with Gasteiger partial charge < -0.3 is 15.1 Å². The van der Waals surface area contributed by atoms with Crippen molar-refractivity contribution >= 4 is 17.4 Å². The Morgan fingerprint density at radius 2 is 1.81 bits per heavy atom. The molecule has 0 aliphatic carbocycles. The van der Waals surface area contributed by atoms with Crippen LogP contribution in [0.4, 0.5) is 11.5 Å². The minimum Gasteiger partial charge on any atom is -0.385 e. The number of aromatic nitrogens is 1. The molecule has 0 bridgehead atoms. The van der Waals surface area contributed by atoms with E-state index in [2.05, 4.69) is 53.3 Å². The van der Waals surface area contributed by atoms with Crippen LogP contribution in [0.25, 0.3) is 0 Å². The summed E-state index contributed by atoms with van der Waals surface area (Å²) in [6, 6.07) is 14.4. The zero-order valence-electron chi connectivity index (χ0n) is 15.7. The first-order valence-corrected chi connectivity index (χ1v) is 9.41. The van der Waals surface area contributed by atoms with Crippen LogP contribution in [-0.2, 0) is 4.79 Å². The highest BCUT2D eigenvalue weighted by atomic mass is 16.2. The van der Waals surface area contributed by atoms with E-state index >= 15 is 0 Å². The first kappa shape index (κ1) is 18.2. The number of nitrogens with one attached hydrogen (secondary N) is 1. The van der Waals surface area contributed by atoms with E-state index in [9.17, 15) is 4.79 Å². The quantitative estimate of drug-likeness (QED) is 0.866. The highest BCUT2D eigenvalue weighted by molar-refractivity contribution is 5.77. The Bertz CT molecular complexity index is 692. The van der Waals surface area contributed by atoms with Crippen molar-refractivity contribution in [2.24, 2.45) is 0 Å². The van der Waals surface area contributed by atoms with E-state index in [0.717, 1.165) is 37.7 Å². The van der Waals surface area contributed by atoms with Gasteiger partial charge in [0.2, 0.25) is 5.91 Å². The number of rotatable bonds is 6. The maximum absolute atomic E-state index is 12.4. The number of amides is 1. The molecule has 0 radical (unpaired) electrons. The van der Waals surface area contributed by atoms with Crippen molar-refractivity contribution in [2.45, 2.75) is 26.2 Å². The van der Waals surface area contributed by atoms with Crippen molar-refractivity contribution in [3.05, 3.63) is 54.2 Å². The van der Waals surface area contributed by atoms with Crippen LogP contribution in [0.5, 0.6) is 0 Å². The van der Waals surface area contributed by atoms with E-state index in [1.165, 1.54) is 5.56 Å². The minimum absolute atomic E-state index is 0.219. The number of anilines is 2. The SMILES string of the molecule is CC(C)c1ccc(NCCC(=O)N2CCN(c3ccccn3)CC2)cc1. The number of pyridine rings is 1. The molecular weight excluding hydrogens is 324 g/mol. The van der Waals surface area contributed by atoms with Crippen LogP contribution in [0.3, 0.4) is 0 Å². The van der Waals surface area contributed by atoms with Crippen molar-refractivity contribution in [3.63, 3.8) is 0 Å². The van der Waals surface area contributed by atoms with Crippen LogP contribution < -0.4 is 10.2 Å². The van der Waals surface area contributed by atoms with Crippen LogP contribution in [0, 0.1) is 0 Å². The first-order valence-electron chi connectivity index (χ1n) is 9.41. The molecule has 2 aromatic rings. The van der Waals surface area contributed by atoms with Crippen LogP contribution in [0.15, 0.2) is 48.7 Å². The van der Waals surface area contributed by atoms with Crippen molar-refractivity contribution in [3.8, 4) is 0 Å². The fourth-order valence-corrected chi connectivity index (χ4v) is 3.18. The molecule has 2 heterocycles. The van der Waals surface area contributed by atoms with E-state index in [4.69, 9.17) is 0 Å². The van der Waals surface area contributed by atoms with E-state index in [1.54, 1.807) is 0 Å². The molecule has 0 saturated carbocycles. The summed E-state index contributed by atoms with van der Waals surface area (Å²) < 4.78 is 0. The van der Waals surface area contributed by atoms with Gasteiger partial charge in [-0.15, -0.1) is 0 Å². The van der Waals surface area contributed by atoms with Gasteiger partial charge in [-0.25, -0.2) is 4.98 Å². The lowest BCUT2D eigenvalue weighted by molar-refractivity contribution is -0.131. The van der Waals surface area contributed by atoms with Crippen LogP contribution in [-0.4, -0.2) is 48.5 Å². The molecule has 1 aliphatic heterocycles. The maximum Gasteiger partial charge on any atom is 0.224 e. The summed E-state index contributed by atoms with van der Waals surface area (Å²) in [7, 11) is 0. The van der Waals surface area contributed by atoms with E-state index < -0.39 is 0 Å². The van der Waals surface area contributed by atoms with Gasteiger partial charge >= 0.3 is 0 Å². The van der Waals surface area contributed by atoms with Gasteiger partial charge in [0.1, 0.15) is 5.82 Å². The lowest BCUT2D eigenvalue weighted by Gasteiger charge is -2.35. The molecule has 0 spiro atoms. The topological polar surface area (TPSA) is 48.5 Å². The van der Waals surface area contributed by atoms with Crippen molar-refractivity contribution < 1.29 is 4.79 Å². The fraction of sp³-hybridized carbons (Fsp3) is 0.429. The number of hydrogen-bond donors (Lipinski definition) is 1. The van der Waals surface area contributed by atoms with Gasteiger partial charge in [0, 0.05) is 51.0 Å². The second kappa shape index (κ2) is 8.70. The number of piperazine rings is 1. The highest BCUT2D eigenvalue weighted by Crippen LogP contribution is 2.17. The number of benzene rings is 1. The monoisotopic (exact) mass is 352 g/mol. The van der Waals surface area contributed by atoms with Crippen LogP contribution in [0.1, 0.15) is 31.7 Å². The summed E-state index contributed by atoms with van der Waals surface area (Å²) in [5, 5.41) is 3.35. The molecule has 1 fully saturated rings. The average molecular weight is 352 g/mol. The van der Waals surface area contributed by atoms with Crippen molar-refractivity contribution in [2.75, 3.05) is 42.9 Å². The Labute approximate surface area is 156 Å². The molecule has 0 atom stereocenters. The summed E-state index contributed by atoms with van der Waals surface area (Å²) in [6.45, 7) is 8.25. The smallest absolute Gasteiger partial charge is 0.224 e. The second-order valence-corrected chi connectivity index (χ2v) is 7.01. The summed E-state index contributed by atoms with van der Waals surface area (Å²) in [4.78, 5) is 21.0. The van der Waals surface area contributed by atoms with Crippen molar-refractivity contribution in [1.82, 2.24) is 9.88 Å². The van der Waals surface area contributed by atoms with E-state index in [0.29, 0.717) is 18.9 Å². The third kappa shape index (κ3) is 4.75. The van der Waals surface area contributed by atoms with Gasteiger partial charge in [0.15, 0.2) is 0 Å². The Balaban J connectivity index is 1.40. The van der Waals surface area contributed by atoms with Crippen molar-refractivity contribution in [1.29, 1.82) is 0 Å². The molecular formula is C21H28N4O. The van der Waals surface area contributed by atoms with Crippen LogP contribution >= 0.6 is 0 Å². The molecule has 3 rings (SSSR count). The lowest BCUT2D eigenvalue weighted by atomic mass is 10.0. The molecule has 0 unspecified atom stereocenters. The summed E-state index contributed by atoms with van der Waals surface area (Å²) >= 11 is 0. The summed E-state index contributed by atoms with van der Waals surface area (Å²) in [6.07, 6.45) is 2.34. The normalized spacial score (nSPS) is 14.6. The predicted octanol–water partition coefficient (Wildman–Crippen LogP) is 3.36. The molecule has 1 aromatic heterocycles. The lowest BCUT2D eigenvalue weighted by Crippen LogP contribution is -2.49. The van der Waals surface area contributed by atoms with Gasteiger partial charge in [-0.2, -0.15) is 0 Å². The Morgan fingerprint density at radius 1 is 1.08 bits per heavy atom. The summed E-state index contributed by atoms with van der Waals surface area (Å²) in [5.74, 6) is 1.75. The van der Waals surface area contributed by atoms with E-state index in [1.807, 2.05) is 29.3 Å². The van der Waals surface area contributed by atoms with Gasteiger partial charge in [0.05, 0.1) is 0 Å². The molecule has 1 aliphatic rings. The van der Waals surface area contributed by atoms with Gasteiger partial charge in [-0.1, -0.05) is 32.0 Å². The molecule has 1 amide bonds. The molecule has 5 nitrogen and oxygen atoms in total. The van der Waals surface area contributed by atoms with E-state index in [-0.39, 0.29) is 5.91 Å². The zero-order chi connectivity index (χ0) is 18.4. The number of carbonyl (C=O) groups excluding carboxylic acids is 1. The molecule has 138 valence electrons. The largest absolute Gasteiger partial charge is 0.385 e. The third-order valence-electron chi connectivity index (χ3n) is 4.85. The first-order chi connectivity index (χ1) is 12.6. The third-order valence-corrected chi connectivity index (χ3v) is 4.85. The zero-order valence-corrected chi connectivity index (χ0v) is 15.7. The molecule has 1 saturated heterocycles. The van der Waals surface area contributed by atoms with Gasteiger partial charge in [-0.05, 0) is 35.7 Å². The fourth-order valence-electron chi connectivity index (χ4n) is 3.18. The maximum atomic E-state index is 12.4. The van der Waals surface area contributed by atoms with Crippen LogP contribution in [0.2, 0.25) is 0 Å². The molecule has 1 N–H and O–H groups in total. The Morgan fingerprint density at radius 3 is 2.42 bits per heavy atom. The summed E-state index contributed by atoms with van der Waals surface area (Å²) in [5.41, 5.74) is 2.40. The predicted molar refractivity (Wildman–Crippen MR) is 107 cm³/mol. The number of hydrogen-bond acceptors (Lipinski definition) is 4. The van der Waals surface area contributed by atoms with Gasteiger partial charge in [0.25, 0.3) is 0 Å². The number of carbonyl (C=O) groups is 1. The average Bonchev–Trinajstić information content (AvgIpc) is 2.69. The molecule has 26 heavy (non-hydrogen) atoms. The highest BCUT2D eigenvalue weighted by Gasteiger charge is 2.21. The number of nitrogens with zero attached hydrogens (tertiary/aromatic N) is 3.